The monoisotopic (exact) mass is 271 g/mol. The second kappa shape index (κ2) is 5.25. The highest BCUT2D eigenvalue weighted by Crippen LogP contribution is 2.37. The maximum Gasteiger partial charge on any atom is 0.168 e. The van der Waals surface area contributed by atoms with Crippen molar-refractivity contribution in [3.8, 4) is 5.75 Å². The Morgan fingerprint density at radius 3 is 2.75 bits per heavy atom. The van der Waals surface area contributed by atoms with Gasteiger partial charge in [0.25, 0.3) is 0 Å². The first-order chi connectivity index (χ1) is 9.70. The summed E-state index contributed by atoms with van der Waals surface area (Å²) in [5.41, 5.74) is 9.46. The van der Waals surface area contributed by atoms with Crippen LogP contribution in [0.1, 0.15) is 22.7 Å². The molecule has 0 radical (unpaired) electrons. The van der Waals surface area contributed by atoms with Crippen molar-refractivity contribution in [2.24, 2.45) is 11.7 Å². The fourth-order valence-corrected chi connectivity index (χ4v) is 3.06. The Kier molecular flexibility index (Phi) is 3.45. The summed E-state index contributed by atoms with van der Waals surface area (Å²) in [5.74, 6) is 0.277. The van der Waals surface area contributed by atoms with Crippen molar-refractivity contribution in [3.05, 3.63) is 65.0 Å². The zero-order valence-electron chi connectivity index (χ0n) is 11.5. The lowest BCUT2D eigenvalue weighted by Crippen LogP contribution is -2.19. The Balaban J connectivity index is 1.84. The Morgan fingerprint density at radius 1 is 1.20 bits per heavy atom. The van der Waals surface area contributed by atoms with E-state index in [-0.39, 0.29) is 17.8 Å². The zero-order valence-corrected chi connectivity index (χ0v) is 11.5. The lowest BCUT2D eigenvalue weighted by atomic mass is 9.93. The molecular weight excluding hydrogens is 253 g/mol. The van der Waals surface area contributed by atoms with Crippen LogP contribution >= 0.6 is 0 Å². The maximum atomic E-state index is 14.2. The molecule has 3 rings (SSSR count). The topological polar surface area (TPSA) is 35.2 Å². The lowest BCUT2D eigenvalue weighted by molar-refractivity contribution is 0.379. The molecule has 1 aliphatic carbocycles. The maximum absolute atomic E-state index is 14.2. The number of hydrogen-bond acceptors (Lipinski definition) is 2. The zero-order chi connectivity index (χ0) is 14.1. The fourth-order valence-electron chi connectivity index (χ4n) is 3.06. The molecule has 1 aliphatic rings. The van der Waals surface area contributed by atoms with Gasteiger partial charge < -0.3 is 10.5 Å². The minimum Gasteiger partial charge on any atom is -0.494 e. The van der Waals surface area contributed by atoms with E-state index < -0.39 is 0 Å². The number of fused-ring (bicyclic) bond motifs is 1. The van der Waals surface area contributed by atoms with Crippen LogP contribution < -0.4 is 10.5 Å². The highest BCUT2D eigenvalue weighted by atomic mass is 19.1. The molecule has 2 unspecified atom stereocenters. The Hall–Kier alpha value is -1.87. The van der Waals surface area contributed by atoms with Crippen molar-refractivity contribution in [2.45, 2.75) is 18.9 Å². The van der Waals surface area contributed by atoms with E-state index in [2.05, 4.69) is 12.1 Å². The molecule has 2 N–H and O–H groups in total. The molecule has 0 spiro atoms. The molecular formula is C17H18FNO. The van der Waals surface area contributed by atoms with Gasteiger partial charge in [0.05, 0.1) is 7.11 Å². The number of nitrogens with two attached hydrogens (primary N) is 1. The van der Waals surface area contributed by atoms with Gasteiger partial charge in [-0.2, -0.15) is 0 Å². The molecule has 0 bridgehead atoms. The average molecular weight is 271 g/mol. The van der Waals surface area contributed by atoms with E-state index in [1.54, 1.807) is 6.07 Å². The molecule has 0 saturated heterocycles. The van der Waals surface area contributed by atoms with Crippen molar-refractivity contribution in [2.75, 3.05) is 7.11 Å². The lowest BCUT2D eigenvalue weighted by Gasteiger charge is -2.17. The van der Waals surface area contributed by atoms with Crippen LogP contribution in [0, 0.1) is 11.7 Å². The molecule has 3 heteroatoms. The highest BCUT2D eigenvalue weighted by Gasteiger charge is 2.30. The van der Waals surface area contributed by atoms with Gasteiger partial charge in [0, 0.05) is 6.04 Å². The summed E-state index contributed by atoms with van der Waals surface area (Å²) >= 11 is 0. The molecule has 0 aliphatic heterocycles. The van der Waals surface area contributed by atoms with Crippen LogP contribution in [0.25, 0.3) is 0 Å². The first-order valence-corrected chi connectivity index (χ1v) is 6.85. The van der Waals surface area contributed by atoms with Crippen molar-refractivity contribution < 1.29 is 9.13 Å². The fraction of sp³-hybridized carbons (Fsp3) is 0.294. The third-order valence-electron chi connectivity index (χ3n) is 4.15. The summed E-state index contributed by atoms with van der Waals surface area (Å²) in [5, 5.41) is 0. The van der Waals surface area contributed by atoms with Gasteiger partial charge in [-0.3, -0.25) is 0 Å². The summed E-state index contributed by atoms with van der Waals surface area (Å²) in [6.45, 7) is 0. The van der Waals surface area contributed by atoms with Gasteiger partial charge in [-0.15, -0.1) is 0 Å². The summed E-state index contributed by atoms with van der Waals surface area (Å²) < 4.78 is 19.2. The quantitative estimate of drug-likeness (QED) is 0.930. The van der Waals surface area contributed by atoms with E-state index in [4.69, 9.17) is 10.5 Å². The molecule has 2 atom stereocenters. The smallest absolute Gasteiger partial charge is 0.168 e. The minimum atomic E-state index is -0.266. The first kappa shape index (κ1) is 13.1. The van der Waals surface area contributed by atoms with E-state index in [1.807, 2.05) is 24.3 Å². The van der Waals surface area contributed by atoms with E-state index in [0.29, 0.717) is 17.7 Å². The van der Waals surface area contributed by atoms with Gasteiger partial charge in [-0.1, -0.05) is 36.4 Å². The Morgan fingerprint density at radius 2 is 2.00 bits per heavy atom. The van der Waals surface area contributed by atoms with E-state index in [1.165, 1.54) is 18.2 Å². The minimum absolute atomic E-state index is 0.0169. The van der Waals surface area contributed by atoms with Gasteiger partial charge in [-0.05, 0) is 41.5 Å². The van der Waals surface area contributed by atoms with E-state index in [0.717, 1.165) is 6.42 Å². The number of ether oxygens (including phenoxy) is 1. The standard InChI is InChI=1S/C17H18FNO/c1-20-15-8-4-6-12(16(15)18)10-13-9-11-5-2-3-7-14(11)17(13)19/h2-8,13,17H,9-10,19H2,1H3. The van der Waals surface area contributed by atoms with Crippen LogP contribution in [0.2, 0.25) is 0 Å². The Labute approximate surface area is 118 Å². The summed E-state index contributed by atoms with van der Waals surface area (Å²) in [6, 6.07) is 13.5. The van der Waals surface area contributed by atoms with Gasteiger partial charge in [0.2, 0.25) is 0 Å². The normalized spacial score (nSPS) is 20.8. The van der Waals surface area contributed by atoms with Crippen molar-refractivity contribution >= 4 is 0 Å². The molecule has 0 heterocycles. The van der Waals surface area contributed by atoms with Gasteiger partial charge >= 0.3 is 0 Å². The first-order valence-electron chi connectivity index (χ1n) is 6.85. The molecule has 0 saturated carbocycles. The van der Waals surface area contributed by atoms with E-state index in [9.17, 15) is 4.39 Å². The molecule has 0 aromatic heterocycles. The molecule has 0 amide bonds. The van der Waals surface area contributed by atoms with Crippen LogP contribution in [0.5, 0.6) is 5.75 Å². The van der Waals surface area contributed by atoms with Crippen molar-refractivity contribution in [1.29, 1.82) is 0 Å². The average Bonchev–Trinajstić information content (AvgIpc) is 2.78. The highest BCUT2D eigenvalue weighted by molar-refractivity contribution is 5.37. The van der Waals surface area contributed by atoms with Gasteiger partial charge in [0.15, 0.2) is 11.6 Å². The molecule has 2 nitrogen and oxygen atoms in total. The second-order valence-corrected chi connectivity index (χ2v) is 5.33. The predicted molar refractivity (Wildman–Crippen MR) is 77.2 cm³/mol. The third kappa shape index (κ3) is 2.18. The van der Waals surface area contributed by atoms with Crippen LogP contribution in [0.4, 0.5) is 4.39 Å². The molecule has 104 valence electrons. The van der Waals surface area contributed by atoms with Crippen LogP contribution in [0.3, 0.4) is 0 Å². The van der Waals surface area contributed by atoms with Crippen molar-refractivity contribution in [1.82, 2.24) is 0 Å². The predicted octanol–water partition coefficient (Wildman–Crippen LogP) is 3.25. The number of methoxy groups -OCH3 is 1. The second-order valence-electron chi connectivity index (χ2n) is 5.33. The van der Waals surface area contributed by atoms with Crippen LogP contribution in [-0.2, 0) is 12.8 Å². The SMILES string of the molecule is COc1cccc(CC2Cc3ccccc3C2N)c1F. The van der Waals surface area contributed by atoms with Gasteiger partial charge in [-0.25, -0.2) is 4.39 Å². The third-order valence-corrected chi connectivity index (χ3v) is 4.15. The van der Waals surface area contributed by atoms with Crippen molar-refractivity contribution in [3.63, 3.8) is 0 Å². The van der Waals surface area contributed by atoms with E-state index >= 15 is 0 Å². The number of benzene rings is 2. The number of rotatable bonds is 3. The molecule has 20 heavy (non-hydrogen) atoms. The molecule has 2 aromatic rings. The molecule has 2 aromatic carbocycles. The number of hydrogen-bond donors (Lipinski definition) is 1. The van der Waals surface area contributed by atoms with Crippen LogP contribution in [-0.4, -0.2) is 7.11 Å². The number of halogens is 1. The Bertz CT molecular complexity index is 626. The van der Waals surface area contributed by atoms with Gasteiger partial charge in [0.1, 0.15) is 0 Å². The summed E-state index contributed by atoms with van der Waals surface area (Å²) in [6.07, 6.45) is 1.55. The summed E-state index contributed by atoms with van der Waals surface area (Å²) in [7, 11) is 1.49. The van der Waals surface area contributed by atoms with Crippen LogP contribution in [0.15, 0.2) is 42.5 Å². The summed E-state index contributed by atoms with van der Waals surface area (Å²) in [4.78, 5) is 0. The largest absolute Gasteiger partial charge is 0.494 e. The molecule has 0 fully saturated rings.